The molecular formula is C10H10BNO3S2. The zero-order valence-corrected chi connectivity index (χ0v) is 11.0. The second kappa shape index (κ2) is 4.50. The Morgan fingerprint density at radius 3 is 2.41 bits per heavy atom. The monoisotopic (exact) mass is 267 g/mol. The van der Waals surface area contributed by atoms with E-state index in [4.69, 9.17) is 4.74 Å². The molecule has 0 amide bonds. The summed E-state index contributed by atoms with van der Waals surface area (Å²) in [5, 5.41) is 0. The summed E-state index contributed by atoms with van der Waals surface area (Å²) >= 11 is 1.17. The molecule has 1 aromatic heterocycles. The van der Waals surface area contributed by atoms with E-state index >= 15 is 0 Å². The topological polar surface area (TPSA) is 56.3 Å². The van der Waals surface area contributed by atoms with Crippen molar-refractivity contribution in [2.24, 2.45) is 0 Å². The number of rotatable bonds is 3. The average Bonchev–Trinajstić information content (AvgIpc) is 2.77. The van der Waals surface area contributed by atoms with Crippen molar-refractivity contribution in [3.63, 3.8) is 0 Å². The molecular weight excluding hydrogens is 257 g/mol. The van der Waals surface area contributed by atoms with Crippen LogP contribution in [-0.2, 0) is 9.84 Å². The predicted molar refractivity (Wildman–Crippen MR) is 68.7 cm³/mol. The Morgan fingerprint density at radius 2 is 1.94 bits per heavy atom. The van der Waals surface area contributed by atoms with Crippen LogP contribution in [-0.4, -0.2) is 28.4 Å². The van der Waals surface area contributed by atoms with Crippen LogP contribution >= 0.6 is 11.3 Å². The Labute approximate surface area is 105 Å². The van der Waals surface area contributed by atoms with E-state index in [9.17, 15) is 8.42 Å². The van der Waals surface area contributed by atoms with Gasteiger partial charge in [0.05, 0.1) is 12.0 Å². The molecule has 0 radical (unpaired) electrons. The van der Waals surface area contributed by atoms with Crippen molar-refractivity contribution in [2.45, 2.75) is 9.24 Å². The summed E-state index contributed by atoms with van der Waals surface area (Å²) in [4.78, 5) is 4.14. The van der Waals surface area contributed by atoms with Crippen LogP contribution in [0.4, 0.5) is 0 Å². The molecule has 0 aliphatic carbocycles. The first-order valence-corrected chi connectivity index (χ1v) is 7.15. The molecule has 0 unspecified atom stereocenters. The molecule has 2 aromatic rings. The lowest BCUT2D eigenvalue weighted by molar-refractivity contribution is 0.414. The molecule has 0 saturated carbocycles. The smallest absolute Gasteiger partial charge is 0.233 e. The highest BCUT2D eigenvalue weighted by Gasteiger charge is 2.20. The highest BCUT2D eigenvalue weighted by Crippen LogP contribution is 2.23. The Balaban J connectivity index is 2.44. The van der Waals surface area contributed by atoms with Gasteiger partial charge < -0.3 is 4.74 Å². The first-order chi connectivity index (χ1) is 8.04. The average molecular weight is 267 g/mol. The number of nitrogens with zero attached hydrogens (tertiary/aromatic N) is 1. The number of benzene rings is 1. The van der Waals surface area contributed by atoms with E-state index < -0.39 is 9.84 Å². The van der Waals surface area contributed by atoms with E-state index in [1.807, 2.05) is 7.85 Å². The summed E-state index contributed by atoms with van der Waals surface area (Å²) in [6.07, 6.45) is 1.56. The normalized spacial score (nSPS) is 11.4. The van der Waals surface area contributed by atoms with Crippen molar-refractivity contribution in [1.82, 2.24) is 4.98 Å². The third-order valence-electron chi connectivity index (χ3n) is 2.20. The predicted octanol–water partition coefficient (Wildman–Crippen LogP) is 0.243. The van der Waals surface area contributed by atoms with Crippen molar-refractivity contribution in [1.29, 1.82) is 0 Å². The fourth-order valence-corrected chi connectivity index (χ4v) is 3.81. The van der Waals surface area contributed by atoms with Crippen LogP contribution in [0.2, 0.25) is 0 Å². The van der Waals surface area contributed by atoms with Gasteiger partial charge in [0.1, 0.15) is 5.75 Å². The van der Waals surface area contributed by atoms with E-state index in [0.717, 1.165) is 4.78 Å². The fourth-order valence-electron chi connectivity index (χ4n) is 1.31. The van der Waals surface area contributed by atoms with E-state index in [1.54, 1.807) is 18.3 Å². The summed E-state index contributed by atoms with van der Waals surface area (Å²) in [5.41, 5.74) is 0. The largest absolute Gasteiger partial charge is 0.497 e. The second-order valence-electron chi connectivity index (χ2n) is 3.42. The van der Waals surface area contributed by atoms with Gasteiger partial charge in [-0.15, -0.1) is 11.3 Å². The number of ether oxygens (including phenoxy) is 1. The molecule has 0 atom stereocenters. The summed E-state index contributed by atoms with van der Waals surface area (Å²) < 4.78 is 30.3. The van der Waals surface area contributed by atoms with Gasteiger partial charge in [-0.05, 0) is 29.0 Å². The van der Waals surface area contributed by atoms with Gasteiger partial charge in [0.15, 0.2) is 7.85 Å². The number of hydrogen-bond donors (Lipinski definition) is 0. The minimum atomic E-state index is -3.49. The van der Waals surface area contributed by atoms with Crippen molar-refractivity contribution < 1.29 is 13.2 Å². The summed E-state index contributed by atoms with van der Waals surface area (Å²) in [6.45, 7) is 0. The van der Waals surface area contributed by atoms with Gasteiger partial charge in [-0.3, -0.25) is 0 Å². The van der Waals surface area contributed by atoms with Crippen molar-refractivity contribution >= 4 is 33.8 Å². The number of thiazole rings is 1. The minimum absolute atomic E-state index is 0.125. The highest BCUT2D eigenvalue weighted by atomic mass is 32.2. The van der Waals surface area contributed by atoms with Crippen molar-refractivity contribution in [3.05, 3.63) is 30.5 Å². The van der Waals surface area contributed by atoms with E-state index in [0.29, 0.717) is 5.75 Å². The van der Waals surface area contributed by atoms with Crippen LogP contribution in [0.25, 0.3) is 0 Å². The van der Waals surface area contributed by atoms with Crippen LogP contribution in [0.1, 0.15) is 0 Å². The molecule has 2 rings (SSSR count). The van der Waals surface area contributed by atoms with E-state index in [1.165, 1.54) is 30.6 Å². The Morgan fingerprint density at radius 1 is 1.29 bits per heavy atom. The van der Waals surface area contributed by atoms with Gasteiger partial charge in [0.25, 0.3) is 0 Å². The Kier molecular flexibility index (Phi) is 3.21. The zero-order chi connectivity index (χ0) is 12.5. The number of sulfone groups is 1. The molecule has 17 heavy (non-hydrogen) atoms. The number of hydrogen-bond acceptors (Lipinski definition) is 5. The lowest BCUT2D eigenvalue weighted by Crippen LogP contribution is -2.01. The van der Waals surface area contributed by atoms with Gasteiger partial charge in [0.2, 0.25) is 14.2 Å². The molecule has 0 bridgehead atoms. The van der Waals surface area contributed by atoms with E-state index in [2.05, 4.69) is 4.98 Å². The van der Waals surface area contributed by atoms with Crippen LogP contribution in [0.5, 0.6) is 5.75 Å². The van der Waals surface area contributed by atoms with Crippen molar-refractivity contribution in [3.8, 4) is 5.75 Å². The zero-order valence-electron chi connectivity index (χ0n) is 9.38. The number of methoxy groups -OCH3 is 1. The Bertz CT molecular complexity index is 619. The van der Waals surface area contributed by atoms with Gasteiger partial charge >= 0.3 is 0 Å². The molecule has 0 fully saturated rings. The van der Waals surface area contributed by atoms with Gasteiger partial charge in [-0.2, -0.15) is 0 Å². The third-order valence-corrected chi connectivity index (χ3v) is 5.27. The number of aromatic nitrogens is 1. The molecule has 7 heteroatoms. The fraction of sp³-hybridized carbons (Fsp3) is 0.100. The molecule has 0 spiro atoms. The molecule has 0 saturated heterocycles. The lowest BCUT2D eigenvalue weighted by atomic mass is 10.1. The van der Waals surface area contributed by atoms with Crippen LogP contribution in [0.3, 0.4) is 0 Å². The van der Waals surface area contributed by atoms with Crippen molar-refractivity contribution in [2.75, 3.05) is 7.11 Å². The minimum Gasteiger partial charge on any atom is -0.497 e. The summed E-state index contributed by atoms with van der Waals surface area (Å²) in [7, 11) is -0.132. The standard InChI is InChI=1S/C10H10BNO3S2/c1-15-7-2-4-8(5-3-7)17(13,14)10-12-6-9(11)16-10/h2-6H,11H2,1H3. The quantitative estimate of drug-likeness (QED) is 0.748. The molecule has 0 N–H and O–H groups in total. The van der Waals surface area contributed by atoms with Gasteiger partial charge in [-0.1, -0.05) is 0 Å². The SMILES string of the molecule is Bc1cnc(S(=O)(=O)c2ccc(OC)cc2)s1. The third kappa shape index (κ3) is 2.35. The van der Waals surface area contributed by atoms with Crippen LogP contribution in [0, 0.1) is 0 Å². The summed E-state index contributed by atoms with van der Waals surface area (Å²) in [6, 6.07) is 6.27. The highest BCUT2D eigenvalue weighted by molar-refractivity contribution is 7.93. The summed E-state index contributed by atoms with van der Waals surface area (Å²) in [5.74, 6) is 0.624. The second-order valence-corrected chi connectivity index (χ2v) is 6.77. The maximum atomic E-state index is 12.2. The van der Waals surface area contributed by atoms with E-state index in [-0.39, 0.29) is 9.24 Å². The first kappa shape index (κ1) is 12.1. The van der Waals surface area contributed by atoms with Crippen LogP contribution in [0.15, 0.2) is 39.7 Å². The molecule has 0 aliphatic heterocycles. The van der Waals surface area contributed by atoms with Crippen LogP contribution < -0.4 is 9.51 Å². The maximum absolute atomic E-state index is 12.2. The first-order valence-electron chi connectivity index (χ1n) is 4.85. The molecule has 1 aromatic carbocycles. The Hall–Kier alpha value is -1.34. The van der Waals surface area contributed by atoms with Gasteiger partial charge in [0, 0.05) is 6.20 Å². The molecule has 0 aliphatic rings. The lowest BCUT2D eigenvalue weighted by Gasteiger charge is -2.02. The molecule has 4 nitrogen and oxygen atoms in total. The molecule has 88 valence electrons. The molecule has 1 heterocycles. The maximum Gasteiger partial charge on any atom is 0.233 e. The van der Waals surface area contributed by atoms with Gasteiger partial charge in [-0.25, -0.2) is 13.4 Å².